The quantitative estimate of drug-likeness (QED) is 0.502. The van der Waals surface area contributed by atoms with Gasteiger partial charge in [-0.3, -0.25) is 4.99 Å². The number of aryl methyl sites for hydroxylation is 1. The van der Waals surface area contributed by atoms with Crippen molar-refractivity contribution in [2.45, 2.75) is 40.0 Å². The zero-order valence-corrected chi connectivity index (χ0v) is 16.0. The van der Waals surface area contributed by atoms with Gasteiger partial charge >= 0.3 is 0 Å². The van der Waals surface area contributed by atoms with E-state index in [1.54, 1.807) is 6.33 Å². The minimum atomic E-state index is 0.216. The first-order chi connectivity index (χ1) is 12.6. The largest absolute Gasteiger partial charge is 0.396 e. The van der Waals surface area contributed by atoms with Gasteiger partial charge in [0.25, 0.3) is 0 Å². The molecular weight excluding hydrogens is 324 g/mol. The van der Waals surface area contributed by atoms with Crippen LogP contribution in [0.3, 0.4) is 0 Å². The summed E-state index contributed by atoms with van der Waals surface area (Å²) in [5, 5.41) is 9.51. The molecule has 0 spiro atoms. The number of aliphatic imine (C=N–C) groups is 1. The van der Waals surface area contributed by atoms with Gasteiger partial charge < -0.3 is 10.0 Å². The summed E-state index contributed by atoms with van der Waals surface area (Å²) in [4.78, 5) is 15.0. The summed E-state index contributed by atoms with van der Waals surface area (Å²) in [6.45, 7) is 11.4. The van der Waals surface area contributed by atoms with Crippen molar-refractivity contribution in [3.05, 3.63) is 41.0 Å². The van der Waals surface area contributed by atoms with Crippen LogP contribution in [0.1, 0.15) is 44.9 Å². The van der Waals surface area contributed by atoms with Crippen LogP contribution in [0.4, 0.5) is 5.82 Å². The van der Waals surface area contributed by atoms with Crippen molar-refractivity contribution in [2.75, 3.05) is 24.6 Å². The first-order valence-electron chi connectivity index (χ1n) is 9.12. The van der Waals surface area contributed by atoms with E-state index in [0.29, 0.717) is 5.92 Å². The van der Waals surface area contributed by atoms with E-state index in [-0.39, 0.29) is 6.61 Å². The van der Waals surface area contributed by atoms with Crippen LogP contribution in [0.2, 0.25) is 0 Å². The number of aliphatic hydroxyl groups is 1. The maximum atomic E-state index is 9.51. The van der Waals surface area contributed by atoms with E-state index in [9.17, 15) is 5.11 Å². The molecule has 5 heteroatoms. The topological polar surface area (TPSA) is 61.6 Å². The number of anilines is 1. The molecule has 0 aromatic carbocycles. The molecule has 1 N–H and O–H groups in total. The van der Waals surface area contributed by atoms with E-state index in [4.69, 9.17) is 0 Å². The monoisotopic (exact) mass is 352 g/mol. The predicted molar refractivity (Wildman–Crippen MR) is 107 cm³/mol. The van der Waals surface area contributed by atoms with Gasteiger partial charge in [-0.1, -0.05) is 18.8 Å². The Morgan fingerprint density at radius 3 is 2.92 bits per heavy atom. The van der Waals surface area contributed by atoms with Gasteiger partial charge in [-0.25, -0.2) is 9.97 Å². The molecule has 5 nitrogen and oxygen atoms in total. The number of hydrogen-bond acceptors (Lipinski definition) is 5. The molecule has 0 amide bonds. The Labute approximate surface area is 156 Å². The van der Waals surface area contributed by atoms with Gasteiger partial charge in [-0.05, 0) is 63.5 Å². The molecule has 1 atom stereocenters. The smallest absolute Gasteiger partial charge is 0.148 e. The molecule has 1 aliphatic heterocycles. The maximum absolute atomic E-state index is 9.51. The third-order valence-corrected chi connectivity index (χ3v) is 4.53. The van der Waals surface area contributed by atoms with Crippen molar-refractivity contribution in [3.63, 3.8) is 0 Å². The van der Waals surface area contributed by atoms with Gasteiger partial charge in [0.05, 0.1) is 11.3 Å². The summed E-state index contributed by atoms with van der Waals surface area (Å²) < 4.78 is 0. The van der Waals surface area contributed by atoms with Gasteiger partial charge in [-0.2, -0.15) is 0 Å². The van der Waals surface area contributed by atoms with Gasteiger partial charge in [0.1, 0.15) is 12.1 Å². The number of nitrogens with zero attached hydrogens (tertiary/aromatic N) is 4. The third-order valence-electron chi connectivity index (χ3n) is 4.53. The molecule has 26 heavy (non-hydrogen) atoms. The van der Waals surface area contributed by atoms with Crippen LogP contribution in [-0.4, -0.2) is 41.5 Å². The molecule has 0 radical (unpaired) electrons. The van der Waals surface area contributed by atoms with E-state index in [0.717, 1.165) is 60.7 Å². The third kappa shape index (κ3) is 5.27. The fraction of sp³-hybridized carbons (Fsp3) is 0.476. The van der Waals surface area contributed by atoms with Crippen LogP contribution in [0.15, 0.2) is 34.7 Å². The Hall–Kier alpha value is -2.45. The average Bonchev–Trinajstić information content (AvgIpc) is 2.69. The Balaban J connectivity index is 2.36. The van der Waals surface area contributed by atoms with Crippen molar-refractivity contribution in [1.29, 1.82) is 0 Å². The summed E-state index contributed by atoms with van der Waals surface area (Å²) in [7, 11) is 0. The molecule has 0 bridgehead atoms. The van der Waals surface area contributed by atoms with Gasteiger partial charge in [0.2, 0.25) is 0 Å². The van der Waals surface area contributed by atoms with Crippen molar-refractivity contribution < 1.29 is 5.11 Å². The number of aromatic nitrogens is 2. The van der Waals surface area contributed by atoms with Gasteiger partial charge in [0.15, 0.2) is 0 Å². The lowest BCUT2D eigenvalue weighted by Gasteiger charge is -2.33. The van der Waals surface area contributed by atoms with Crippen molar-refractivity contribution >= 4 is 12.5 Å². The molecule has 1 aromatic rings. The van der Waals surface area contributed by atoms with E-state index >= 15 is 0 Å². The highest BCUT2D eigenvalue weighted by Gasteiger charge is 2.23. The molecule has 0 aliphatic carbocycles. The molecule has 1 aliphatic rings. The molecule has 2 heterocycles. The highest BCUT2D eigenvalue weighted by molar-refractivity contribution is 5.59. The van der Waals surface area contributed by atoms with Crippen LogP contribution < -0.4 is 4.90 Å². The summed E-state index contributed by atoms with van der Waals surface area (Å²) in [6, 6.07) is 0. The predicted octanol–water partition coefficient (Wildman–Crippen LogP) is 3.15. The molecule has 1 fully saturated rings. The Morgan fingerprint density at radius 2 is 2.23 bits per heavy atom. The highest BCUT2D eigenvalue weighted by Crippen LogP contribution is 2.25. The second-order valence-corrected chi connectivity index (χ2v) is 6.58. The van der Waals surface area contributed by atoms with Crippen molar-refractivity contribution in [2.24, 2.45) is 10.9 Å². The zero-order valence-electron chi connectivity index (χ0n) is 16.0. The van der Waals surface area contributed by atoms with Crippen LogP contribution in [-0.2, 0) is 6.42 Å². The van der Waals surface area contributed by atoms with Gasteiger partial charge in [0, 0.05) is 25.4 Å². The second kappa shape index (κ2) is 9.88. The molecule has 138 valence electrons. The fourth-order valence-corrected chi connectivity index (χ4v) is 2.95. The van der Waals surface area contributed by atoms with Crippen LogP contribution in [0.25, 0.3) is 0 Å². The Bertz CT molecular complexity index is 755. The summed E-state index contributed by atoms with van der Waals surface area (Å²) in [5.74, 6) is 7.67. The second-order valence-electron chi connectivity index (χ2n) is 6.58. The first-order valence-corrected chi connectivity index (χ1v) is 9.12. The SMILES string of the molecule is C=N/C(C)=C\C=C(/C)C#Cc1c(CC)ncnc1N1CCCC(CO)C1. The molecule has 1 unspecified atom stereocenters. The molecule has 1 aromatic heterocycles. The first kappa shape index (κ1) is 19.9. The van der Waals surface area contributed by atoms with Crippen LogP contribution in [0, 0.1) is 17.8 Å². The number of aliphatic hydroxyl groups excluding tert-OH is 1. The van der Waals surface area contributed by atoms with Crippen molar-refractivity contribution in [1.82, 2.24) is 9.97 Å². The standard InChI is InChI=1S/C21H28N4O/c1-5-20-19(11-9-16(2)8-10-17(3)22-4)21(24-15-23-20)25-12-6-7-18(13-25)14-26/h8,10,15,18,26H,4-7,12-14H2,1-3H3/b16-8+,17-10-. The average molecular weight is 352 g/mol. The molecule has 1 saturated heterocycles. The number of rotatable bonds is 5. The summed E-state index contributed by atoms with van der Waals surface area (Å²) in [6.07, 6.45) is 8.38. The molecular formula is C21H28N4O. The molecule has 0 saturated carbocycles. The minimum absolute atomic E-state index is 0.216. The zero-order chi connectivity index (χ0) is 18.9. The number of allylic oxidation sites excluding steroid dienone is 4. The maximum Gasteiger partial charge on any atom is 0.148 e. The van der Waals surface area contributed by atoms with E-state index < -0.39 is 0 Å². The van der Waals surface area contributed by atoms with E-state index in [1.165, 1.54) is 0 Å². The Kier molecular flexibility index (Phi) is 7.55. The summed E-state index contributed by atoms with van der Waals surface area (Å²) in [5.41, 5.74) is 3.65. The summed E-state index contributed by atoms with van der Waals surface area (Å²) >= 11 is 0. The molecule has 2 rings (SSSR count). The van der Waals surface area contributed by atoms with E-state index in [2.05, 4.69) is 45.3 Å². The van der Waals surface area contributed by atoms with Crippen LogP contribution in [0.5, 0.6) is 0 Å². The number of hydrogen-bond donors (Lipinski definition) is 1. The fourth-order valence-electron chi connectivity index (χ4n) is 2.95. The van der Waals surface area contributed by atoms with Gasteiger partial charge in [-0.15, -0.1) is 0 Å². The van der Waals surface area contributed by atoms with Crippen LogP contribution >= 0.6 is 0 Å². The lowest BCUT2D eigenvalue weighted by atomic mass is 9.98. The normalized spacial score (nSPS) is 18.3. The Morgan fingerprint density at radius 1 is 1.42 bits per heavy atom. The highest BCUT2D eigenvalue weighted by atomic mass is 16.3. The number of piperidine rings is 1. The lowest BCUT2D eigenvalue weighted by molar-refractivity contribution is 0.208. The minimum Gasteiger partial charge on any atom is -0.396 e. The van der Waals surface area contributed by atoms with Crippen molar-refractivity contribution in [3.8, 4) is 11.8 Å². The van der Waals surface area contributed by atoms with E-state index in [1.807, 2.05) is 26.0 Å². The lowest BCUT2D eigenvalue weighted by Crippen LogP contribution is -2.38.